The van der Waals surface area contributed by atoms with Gasteiger partial charge in [-0.15, -0.1) is 11.6 Å². The van der Waals surface area contributed by atoms with E-state index < -0.39 is 11.6 Å². The molecule has 94 valence electrons. The van der Waals surface area contributed by atoms with E-state index in [9.17, 15) is 8.78 Å². The topological polar surface area (TPSA) is 0 Å². The lowest BCUT2D eigenvalue weighted by molar-refractivity contribution is 0.498. The molecule has 0 nitrogen and oxygen atoms in total. The Bertz CT molecular complexity index is 552. The summed E-state index contributed by atoms with van der Waals surface area (Å²) in [6.45, 7) is 1.97. The zero-order chi connectivity index (χ0) is 13.1. The number of rotatable bonds is 3. The molecule has 2 rings (SSSR count). The van der Waals surface area contributed by atoms with Gasteiger partial charge in [0.05, 0.1) is 5.38 Å². The molecule has 2 aromatic rings. The molecule has 0 spiro atoms. The number of hydrogen-bond donors (Lipinski definition) is 0. The largest absolute Gasteiger partial charge is 0.204 e. The average molecular weight is 267 g/mol. The first kappa shape index (κ1) is 13.0. The summed E-state index contributed by atoms with van der Waals surface area (Å²) in [5.74, 6) is -1.64. The van der Waals surface area contributed by atoms with Crippen LogP contribution in [0.3, 0.4) is 0 Å². The highest BCUT2D eigenvalue weighted by Gasteiger charge is 2.14. The molecule has 3 heteroatoms. The number of hydrogen-bond acceptors (Lipinski definition) is 0. The van der Waals surface area contributed by atoms with E-state index in [0.717, 1.165) is 17.2 Å². The third kappa shape index (κ3) is 2.88. The molecule has 1 unspecified atom stereocenters. The molecule has 0 amide bonds. The lowest BCUT2D eigenvalue weighted by Gasteiger charge is -2.11. The van der Waals surface area contributed by atoms with Crippen molar-refractivity contribution in [1.29, 1.82) is 0 Å². The normalized spacial score (nSPS) is 12.4. The maximum absolute atomic E-state index is 13.5. The summed E-state index contributed by atoms with van der Waals surface area (Å²) in [5, 5.41) is -0.360. The number of benzene rings is 2. The molecule has 1 atom stereocenters. The van der Waals surface area contributed by atoms with Crippen LogP contribution >= 0.6 is 11.6 Å². The van der Waals surface area contributed by atoms with E-state index in [0.29, 0.717) is 5.56 Å². The van der Waals surface area contributed by atoms with Crippen LogP contribution in [-0.2, 0) is 6.42 Å². The molecule has 0 aliphatic heterocycles. The van der Waals surface area contributed by atoms with E-state index in [1.54, 1.807) is 6.07 Å². The summed E-state index contributed by atoms with van der Waals surface area (Å²) in [5.41, 5.74) is 2.31. The molecular formula is C15H13ClF2. The van der Waals surface area contributed by atoms with Crippen LogP contribution in [0.15, 0.2) is 42.5 Å². The maximum atomic E-state index is 13.5. The van der Waals surface area contributed by atoms with Crippen molar-refractivity contribution in [3.63, 3.8) is 0 Å². The van der Waals surface area contributed by atoms with Gasteiger partial charge in [-0.1, -0.05) is 42.0 Å². The van der Waals surface area contributed by atoms with Crippen molar-refractivity contribution in [1.82, 2.24) is 0 Å². The van der Waals surface area contributed by atoms with Crippen molar-refractivity contribution < 1.29 is 8.78 Å². The Morgan fingerprint density at radius 3 is 2.56 bits per heavy atom. The smallest absolute Gasteiger partial charge is 0.162 e. The van der Waals surface area contributed by atoms with Crippen LogP contribution < -0.4 is 0 Å². The van der Waals surface area contributed by atoms with Gasteiger partial charge in [-0.25, -0.2) is 8.78 Å². The first-order chi connectivity index (χ1) is 8.58. The molecule has 0 saturated carbocycles. The molecule has 0 radical (unpaired) electrons. The fourth-order valence-corrected chi connectivity index (χ4v) is 2.18. The lowest BCUT2D eigenvalue weighted by atomic mass is 10.0. The standard InChI is InChI=1S/C15H13ClF2/c1-10-4-2-5-11(8-10)13(16)9-12-6-3-7-14(17)15(12)18/h2-8,13H,9H2,1H3. The third-order valence-corrected chi connectivity index (χ3v) is 3.24. The molecule has 0 bridgehead atoms. The molecule has 18 heavy (non-hydrogen) atoms. The Kier molecular flexibility index (Phi) is 3.97. The molecule has 0 N–H and O–H groups in total. The summed E-state index contributed by atoms with van der Waals surface area (Å²) in [6, 6.07) is 11.9. The van der Waals surface area contributed by atoms with E-state index in [1.807, 2.05) is 31.2 Å². The summed E-state index contributed by atoms with van der Waals surface area (Å²) in [6.07, 6.45) is 0.272. The third-order valence-electron chi connectivity index (χ3n) is 2.83. The predicted molar refractivity (Wildman–Crippen MR) is 69.8 cm³/mol. The van der Waals surface area contributed by atoms with Crippen LogP contribution in [0.4, 0.5) is 8.78 Å². The molecule has 0 heterocycles. The Morgan fingerprint density at radius 2 is 1.83 bits per heavy atom. The van der Waals surface area contributed by atoms with E-state index in [4.69, 9.17) is 11.6 Å². The van der Waals surface area contributed by atoms with Crippen molar-refractivity contribution in [2.24, 2.45) is 0 Å². The Balaban J connectivity index is 2.21. The highest BCUT2D eigenvalue weighted by molar-refractivity contribution is 6.20. The Hall–Kier alpha value is -1.41. The van der Waals surface area contributed by atoms with Crippen molar-refractivity contribution in [2.75, 3.05) is 0 Å². The second-order valence-corrected chi connectivity index (χ2v) is 4.83. The molecule has 0 aromatic heterocycles. The van der Waals surface area contributed by atoms with E-state index in [1.165, 1.54) is 6.07 Å². The zero-order valence-electron chi connectivity index (χ0n) is 9.96. The average Bonchev–Trinajstić information content (AvgIpc) is 2.35. The summed E-state index contributed by atoms with van der Waals surface area (Å²) >= 11 is 6.25. The van der Waals surface area contributed by atoms with Gasteiger partial charge in [0.15, 0.2) is 11.6 Å². The van der Waals surface area contributed by atoms with Gasteiger partial charge in [0.2, 0.25) is 0 Å². The minimum absolute atomic E-state index is 0.272. The SMILES string of the molecule is Cc1cccc(C(Cl)Cc2cccc(F)c2F)c1. The number of halogens is 3. The van der Waals surface area contributed by atoms with Gasteiger partial charge in [0, 0.05) is 0 Å². The van der Waals surface area contributed by atoms with E-state index >= 15 is 0 Å². The van der Waals surface area contributed by atoms with Crippen molar-refractivity contribution in [2.45, 2.75) is 18.7 Å². The molecular weight excluding hydrogens is 254 g/mol. The summed E-state index contributed by atoms with van der Waals surface area (Å²) in [4.78, 5) is 0. The monoisotopic (exact) mass is 266 g/mol. The van der Waals surface area contributed by atoms with Crippen LogP contribution in [0.25, 0.3) is 0 Å². The highest BCUT2D eigenvalue weighted by atomic mass is 35.5. The Morgan fingerprint density at radius 1 is 1.11 bits per heavy atom. The van der Waals surface area contributed by atoms with Crippen LogP contribution in [0.1, 0.15) is 22.1 Å². The molecule has 0 aliphatic carbocycles. The van der Waals surface area contributed by atoms with Crippen molar-refractivity contribution in [3.8, 4) is 0 Å². The van der Waals surface area contributed by atoms with Crippen molar-refractivity contribution in [3.05, 3.63) is 70.8 Å². The van der Waals surface area contributed by atoms with Gasteiger partial charge in [-0.2, -0.15) is 0 Å². The molecule has 0 fully saturated rings. The van der Waals surface area contributed by atoms with Crippen LogP contribution in [0.5, 0.6) is 0 Å². The summed E-state index contributed by atoms with van der Waals surface area (Å²) < 4.78 is 26.6. The quantitative estimate of drug-likeness (QED) is 0.701. The van der Waals surface area contributed by atoms with Gasteiger partial charge in [-0.3, -0.25) is 0 Å². The highest BCUT2D eigenvalue weighted by Crippen LogP contribution is 2.27. The minimum atomic E-state index is -0.833. The van der Waals surface area contributed by atoms with Gasteiger partial charge < -0.3 is 0 Å². The number of alkyl halides is 1. The van der Waals surface area contributed by atoms with Gasteiger partial charge in [-0.05, 0) is 30.5 Å². The van der Waals surface area contributed by atoms with Gasteiger partial charge >= 0.3 is 0 Å². The van der Waals surface area contributed by atoms with Crippen LogP contribution in [-0.4, -0.2) is 0 Å². The zero-order valence-corrected chi connectivity index (χ0v) is 10.7. The van der Waals surface area contributed by atoms with Crippen LogP contribution in [0.2, 0.25) is 0 Å². The maximum Gasteiger partial charge on any atom is 0.162 e. The molecule has 0 aliphatic rings. The van der Waals surface area contributed by atoms with Crippen molar-refractivity contribution >= 4 is 11.6 Å². The van der Waals surface area contributed by atoms with Gasteiger partial charge in [0.1, 0.15) is 0 Å². The molecule has 2 aromatic carbocycles. The second kappa shape index (κ2) is 5.49. The number of aryl methyl sites for hydroxylation is 1. The summed E-state index contributed by atoms with van der Waals surface area (Å²) in [7, 11) is 0. The predicted octanol–water partition coefficient (Wildman–Crippen LogP) is 4.80. The van der Waals surface area contributed by atoms with Crippen LogP contribution in [0, 0.1) is 18.6 Å². The fraction of sp³-hybridized carbons (Fsp3) is 0.200. The lowest BCUT2D eigenvalue weighted by Crippen LogP contribution is -2.00. The van der Waals surface area contributed by atoms with E-state index in [-0.39, 0.29) is 11.8 Å². The van der Waals surface area contributed by atoms with Gasteiger partial charge in [0.25, 0.3) is 0 Å². The second-order valence-electron chi connectivity index (χ2n) is 4.30. The van der Waals surface area contributed by atoms with E-state index in [2.05, 4.69) is 0 Å². The minimum Gasteiger partial charge on any atom is -0.204 e. The Labute approximate surface area is 110 Å². The first-order valence-electron chi connectivity index (χ1n) is 5.71. The first-order valence-corrected chi connectivity index (χ1v) is 6.15. The fourth-order valence-electron chi connectivity index (χ4n) is 1.88. The molecule has 0 saturated heterocycles.